The lowest BCUT2D eigenvalue weighted by atomic mass is 10.3. The van der Waals surface area contributed by atoms with E-state index in [0.717, 1.165) is 0 Å². The highest BCUT2D eigenvalue weighted by Crippen LogP contribution is 2.10. The lowest BCUT2D eigenvalue weighted by molar-refractivity contribution is 0.0773. The first-order valence-corrected chi connectivity index (χ1v) is 4.45. The normalized spacial score (nSPS) is 11.9. The summed E-state index contributed by atoms with van der Waals surface area (Å²) in [4.78, 5) is 11.1. The van der Waals surface area contributed by atoms with Gasteiger partial charge in [0.1, 0.15) is 11.9 Å². The lowest BCUT2D eigenvalue weighted by Crippen LogP contribution is -2.17. The molecule has 0 unspecified atom stereocenters. The van der Waals surface area contributed by atoms with Gasteiger partial charge in [-0.3, -0.25) is 0 Å². The van der Waals surface area contributed by atoms with Crippen LogP contribution >= 0.6 is 0 Å². The van der Waals surface area contributed by atoms with E-state index >= 15 is 0 Å². The number of carbonyl (C=O) groups excluding carboxylic acids is 1. The van der Waals surface area contributed by atoms with Crippen LogP contribution < -0.4 is 4.74 Å². The van der Waals surface area contributed by atoms with Crippen molar-refractivity contribution in [3.63, 3.8) is 0 Å². The van der Waals surface area contributed by atoms with Crippen LogP contribution in [-0.4, -0.2) is 12.3 Å². The van der Waals surface area contributed by atoms with E-state index in [2.05, 4.69) is 0 Å². The van der Waals surface area contributed by atoms with Crippen molar-refractivity contribution in [2.75, 3.05) is 0 Å². The fourth-order valence-electron chi connectivity index (χ4n) is 0.829. The SMILES string of the molecule is C[CH][C@@H](C)OC(=O)Oc1ccccc1. The number of benzene rings is 1. The summed E-state index contributed by atoms with van der Waals surface area (Å²) in [6.45, 7) is 3.59. The number of hydrogen-bond acceptors (Lipinski definition) is 3. The molecule has 0 heterocycles. The molecule has 0 saturated heterocycles. The summed E-state index contributed by atoms with van der Waals surface area (Å²) >= 11 is 0. The first kappa shape index (κ1) is 10.6. The minimum absolute atomic E-state index is 0.230. The third-order valence-corrected chi connectivity index (χ3v) is 1.70. The van der Waals surface area contributed by atoms with Crippen molar-refractivity contribution in [2.24, 2.45) is 0 Å². The van der Waals surface area contributed by atoms with Crippen LogP contribution in [0.3, 0.4) is 0 Å². The van der Waals surface area contributed by atoms with Gasteiger partial charge in [-0.15, -0.1) is 0 Å². The molecule has 0 N–H and O–H groups in total. The van der Waals surface area contributed by atoms with Crippen molar-refractivity contribution in [3.05, 3.63) is 36.8 Å². The van der Waals surface area contributed by atoms with Crippen molar-refractivity contribution in [1.29, 1.82) is 0 Å². The molecule has 1 radical (unpaired) electrons. The van der Waals surface area contributed by atoms with E-state index in [1.165, 1.54) is 0 Å². The Bertz CT molecular complexity index is 282. The monoisotopic (exact) mass is 193 g/mol. The van der Waals surface area contributed by atoms with Crippen LogP contribution in [0.2, 0.25) is 0 Å². The Morgan fingerprint density at radius 1 is 1.36 bits per heavy atom. The fraction of sp³-hybridized carbons (Fsp3) is 0.273. The molecule has 14 heavy (non-hydrogen) atoms. The summed E-state index contributed by atoms with van der Waals surface area (Å²) in [5.74, 6) is 0.487. The zero-order valence-electron chi connectivity index (χ0n) is 8.27. The van der Waals surface area contributed by atoms with Gasteiger partial charge in [-0.1, -0.05) is 25.1 Å². The molecular weight excluding hydrogens is 180 g/mol. The molecule has 0 fully saturated rings. The van der Waals surface area contributed by atoms with Crippen LogP contribution in [0.25, 0.3) is 0 Å². The Labute approximate surface area is 83.6 Å². The van der Waals surface area contributed by atoms with Crippen LogP contribution in [0.5, 0.6) is 5.75 Å². The zero-order valence-corrected chi connectivity index (χ0v) is 8.27. The highest BCUT2D eigenvalue weighted by molar-refractivity contribution is 5.63. The Morgan fingerprint density at radius 2 is 2.00 bits per heavy atom. The van der Waals surface area contributed by atoms with E-state index in [1.54, 1.807) is 37.6 Å². The second-order valence-electron chi connectivity index (χ2n) is 2.82. The molecule has 1 aromatic rings. The maximum atomic E-state index is 11.1. The van der Waals surface area contributed by atoms with E-state index in [1.807, 2.05) is 13.0 Å². The molecule has 0 saturated carbocycles. The molecule has 0 spiro atoms. The molecule has 1 atom stereocenters. The molecule has 0 aliphatic rings. The van der Waals surface area contributed by atoms with Gasteiger partial charge in [-0.2, -0.15) is 0 Å². The topological polar surface area (TPSA) is 35.5 Å². The second-order valence-corrected chi connectivity index (χ2v) is 2.82. The maximum absolute atomic E-state index is 11.1. The third-order valence-electron chi connectivity index (χ3n) is 1.70. The van der Waals surface area contributed by atoms with Crippen molar-refractivity contribution >= 4 is 6.16 Å². The molecule has 0 aliphatic heterocycles. The Kier molecular flexibility index (Phi) is 3.98. The van der Waals surface area contributed by atoms with E-state index < -0.39 is 6.16 Å². The predicted molar refractivity (Wildman–Crippen MR) is 53.0 cm³/mol. The van der Waals surface area contributed by atoms with Gasteiger partial charge >= 0.3 is 6.16 Å². The highest BCUT2D eigenvalue weighted by Gasteiger charge is 2.09. The Morgan fingerprint density at radius 3 is 2.57 bits per heavy atom. The van der Waals surface area contributed by atoms with Crippen LogP contribution in [0.15, 0.2) is 30.3 Å². The van der Waals surface area contributed by atoms with Gasteiger partial charge in [0, 0.05) is 0 Å². The minimum Gasteiger partial charge on any atom is -0.431 e. The van der Waals surface area contributed by atoms with Gasteiger partial charge in [0.25, 0.3) is 0 Å². The van der Waals surface area contributed by atoms with Crippen molar-refractivity contribution < 1.29 is 14.3 Å². The van der Waals surface area contributed by atoms with Crippen molar-refractivity contribution in [1.82, 2.24) is 0 Å². The smallest absolute Gasteiger partial charge is 0.431 e. The van der Waals surface area contributed by atoms with Gasteiger partial charge in [-0.05, 0) is 25.5 Å². The second kappa shape index (κ2) is 5.27. The number of rotatable bonds is 3. The molecule has 1 aromatic carbocycles. The first-order valence-electron chi connectivity index (χ1n) is 4.45. The van der Waals surface area contributed by atoms with Gasteiger partial charge in [0.2, 0.25) is 0 Å². The van der Waals surface area contributed by atoms with E-state index in [-0.39, 0.29) is 6.10 Å². The summed E-state index contributed by atoms with van der Waals surface area (Å²) in [7, 11) is 0. The van der Waals surface area contributed by atoms with Crippen LogP contribution in [0.1, 0.15) is 13.8 Å². The summed E-state index contributed by atoms with van der Waals surface area (Å²) in [5, 5.41) is 0. The minimum atomic E-state index is -0.679. The molecule has 75 valence electrons. The molecular formula is C11H13O3. The van der Waals surface area contributed by atoms with E-state index in [9.17, 15) is 4.79 Å². The summed E-state index contributed by atoms with van der Waals surface area (Å²) < 4.78 is 9.79. The molecule has 0 aliphatic carbocycles. The Balaban J connectivity index is 2.42. The number of hydrogen-bond donors (Lipinski definition) is 0. The largest absolute Gasteiger partial charge is 0.514 e. The quantitative estimate of drug-likeness (QED) is 0.547. The number of ether oxygens (including phenoxy) is 2. The van der Waals surface area contributed by atoms with Crippen LogP contribution in [-0.2, 0) is 4.74 Å². The summed E-state index contributed by atoms with van der Waals surface area (Å²) in [5.41, 5.74) is 0. The van der Waals surface area contributed by atoms with Crippen molar-refractivity contribution in [2.45, 2.75) is 20.0 Å². The van der Waals surface area contributed by atoms with Crippen LogP contribution in [0, 0.1) is 6.42 Å². The molecule has 3 heteroatoms. The predicted octanol–water partition coefficient (Wildman–Crippen LogP) is 2.81. The van der Waals surface area contributed by atoms with Gasteiger partial charge in [-0.25, -0.2) is 4.79 Å². The zero-order chi connectivity index (χ0) is 10.4. The molecule has 1 rings (SSSR count). The van der Waals surface area contributed by atoms with Gasteiger partial charge in [0.05, 0.1) is 0 Å². The average Bonchev–Trinajstić information content (AvgIpc) is 2.19. The molecule has 0 aromatic heterocycles. The van der Waals surface area contributed by atoms with Gasteiger partial charge < -0.3 is 9.47 Å². The average molecular weight is 193 g/mol. The molecule has 0 amide bonds. The highest BCUT2D eigenvalue weighted by atomic mass is 16.7. The molecule has 3 nitrogen and oxygen atoms in total. The fourth-order valence-corrected chi connectivity index (χ4v) is 0.829. The number of carbonyl (C=O) groups is 1. The molecule has 0 bridgehead atoms. The first-order chi connectivity index (χ1) is 6.72. The number of para-hydroxylation sites is 1. The lowest BCUT2D eigenvalue weighted by Gasteiger charge is -2.09. The summed E-state index contributed by atoms with van der Waals surface area (Å²) in [6.07, 6.45) is 0.861. The van der Waals surface area contributed by atoms with Crippen LogP contribution in [0.4, 0.5) is 4.79 Å². The maximum Gasteiger partial charge on any atom is 0.514 e. The van der Waals surface area contributed by atoms with E-state index in [0.29, 0.717) is 5.75 Å². The van der Waals surface area contributed by atoms with Crippen molar-refractivity contribution in [3.8, 4) is 5.75 Å². The Hall–Kier alpha value is -1.51. The standard InChI is InChI=1S/C11H13O3/c1-3-9(2)13-11(12)14-10-7-5-4-6-8-10/h3-9H,1-2H3/t9-/m1/s1. The van der Waals surface area contributed by atoms with E-state index in [4.69, 9.17) is 9.47 Å². The summed E-state index contributed by atoms with van der Waals surface area (Å²) in [6, 6.07) is 8.82. The third kappa shape index (κ3) is 3.47. The van der Waals surface area contributed by atoms with Gasteiger partial charge in [0.15, 0.2) is 0 Å².